The molecule has 0 aliphatic heterocycles. The lowest BCUT2D eigenvalue weighted by atomic mass is 10.1. The highest BCUT2D eigenvalue weighted by Crippen LogP contribution is 2.19. The van der Waals surface area contributed by atoms with Gasteiger partial charge in [0.2, 0.25) is 0 Å². The SMILES string of the molecule is CC(C)N(Cc1cccc(Cl)c1)C(=O)c1cccc(NC(=O)c2cccnc2)c1. The quantitative estimate of drug-likeness (QED) is 0.622. The highest BCUT2D eigenvalue weighted by molar-refractivity contribution is 6.30. The topological polar surface area (TPSA) is 62.3 Å². The number of carbonyl (C=O) groups excluding carboxylic acids is 2. The van der Waals surface area contributed by atoms with Crippen LogP contribution in [0.2, 0.25) is 5.02 Å². The van der Waals surface area contributed by atoms with Crippen molar-refractivity contribution in [1.82, 2.24) is 9.88 Å². The van der Waals surface area contributed by atoms with Crippen molar-refractivity contribution < 1.29 is 9.59 Å². The number of amides is 2. The lowest BCUT2D eigenvalue weighted by Crippen LogP contribution is -2.36. The summed E-state index contributed by atoms with van der Waals surface area (Å²) in [5.74, 6) is -0.389. The van der Waals surface area contributed by atoms with Crippen molar-refractivity contribution in [3.63, 3.8) is 0 Å². The zero-order valence-corrected chi connectivity index (χ0v) is 17.1. The number of benzene rings is 2. The number of pyridine rings is 1. The Labute approximate surface area is 175 Å². The lowest BCUT2D eigenvalue weighted by molar-refractivity contribution is 0.0690. The van der Waals surface area contributed by atoms with Crippen LogP contribution in [0.4, 0.5) is 5.69 Å². The zero-order valence-electron chi connectivity index (χ0n) is 16.3. The van der Waals surface area contributed by atoms with E-state index >= 15 is 0 Å². The average molecular weight is 408 g/mol. The summed E-state index contributed by atoms with van der Waals surface area (Å²) in [5.41, 5.74) is 2.47. The van der Waals surface area contributed by atoms with Gasteiger partial charge in [-0.05, 0) is 61.9 Å². The van der Waals surface area contributed by atoms with Crippen molar-refractivity contribution in [1.29, 1.82) is 0 Å². The molecule has 2 aromatic carbocycles. The minimum atomic E-state index is -0.276. The van der Waals surface area contributed by atoms with Crippen molar-refractivity contribution in [3.05, 3.63) is 94.8 Å². The summed E-state index contributed by atoms with van der Waals surface area (Å²) in [6.45, 7) is 4.39. The summed E-state index contributed by atoms with van der Waals surface area (Å²) in [7, 11) is 0. The number of rotatable bonds is 6. The third-order valence-electron chi connectivity index (χ3n) is 4.42. The van der Waals surface area contributed by atoms with Gasteiger partial charge >= 0.3 is 0 Å². The molecule has 0 atom stereocenters. The molecule has 1 aromatic heterocycles. The van der Waals surface area contributed by atoms with Crippen LogP contribution in [0.25, 0.3) is 0 Å². The average Bonchev–Trinajstić information content (AvgIpc) is 2.72. The molecular formula is C23H22ClN3O2. The van der Waals surface area contributed by atoms with E-state index in [1.54, 1.807) is 53.6 Å². The van der Waals surface area contributed by atoms with Gasteiger partial charge in [-0.1, -0.05) is 29.8 Å². The first kappa shape index (κ1) is 20.6. The Bertz CT molecular complexity index is 1010. The van der Waals surface area contributed by atoms with E-state index in [2.05, 4.69) is 10.3 Å². The van der Waals surface area contributed by atoms with Crippen molar-refractivity contribution in [2.24, 2.45) is 0 Å². The fourth-order valence-electron chi connectivity index (χ4n) is 2.92. The monoisotopic (exact) mass is 407 g/mol. The van der Waals surface area contributed by atoms with Crippen molar-refractivity contribution in [2.45, 2.75) is 26.4 Å². The van der Waals surface area contributed by atoms with Crippen LogP contribution in [0.15, 0.2) is 73.1 Å². The van der Waals surface area contributed by atoms with Crippen LogP contribution in [-0.2, 0) is 6.54 Å². The van der Waals surface area contributed by atoms with Gasteiger partial charge in [-0.3, -0.25) is 14.6 Å². The molecule has 3 aromatic rings. The fourth-order valence-corrected chi connectivity index (χ4v) is 3.13. The number of hydrogen-bond donors (Lipinski definition) is 1. The molecular weight excluding hydrogens is 386 g/mol. The van der Waals surface area contributed by atoms with Crippen LogP contribution < -0.4 is 5.32 Å². The predicted molar refractivity (Wildman–Crippen MR) is 115 cm³/mol. The van der Waals surface area contributed by atoms with Gasteiger partial charge in [-0.2, -0.15) is 0 Å². The van der Waals surface area contributed by atoms with E-state index in [0.717, 1.165) is 5.56 Å². The Hall–Kier alpha value is -3.18. The molecule has 0 radical (unpaired) electrons. The highest BCUT2D eigenvalue weighted by Gasteiger charge is 2.20. The maximum Gasteiger partial charge on any atom is 0.257 e. The number of anilines is 1. The van der Waals surface area contributed by atoms with Gasteiger partial charge in [0.25, 0.3) is 11.8 Å². The molecule has 1 N–H and O–H groups in total. The molecule has 0 aliphatic carbocycles. The second kappa shape index (κ2) is 9.34. The first-order valence-corrected chi connectivity index (χ1v) is 9.68. The zero-order chi connectivity index (χ0) is 20.8. The van der Waals surface area contributed by atoms with Gasteiger partial charge in [0.05, 0.1) is 5.56 Å². The van der Waals surface area contributed by atoms with E-state index in [9.17, 15) is 9.59 Å². The lowest BCUT2D eigenvalue weighted by Gasteiger charge is -2.27. The van der Waals surface area contributed by atoms with Gasteiger partial charge in [0.15, 0.2) is 0 Å². The maximum absolute atomic E-state index is 13.2. The Kier molecular flexibility index (Phi) is 6.62. The van der Waals surface area contributed by atoms with Crippen molar-refractivity contribution in [3.8, 4) is 0 Å². The van der Waals surface area contributed by atoms with Crippen LogP contribution in [-0.4, -0.2) is 27.7 Å². The minimum Gasteiger partial charge on any atom is -0.332 e. The van der Waals surface area contributed by atoms with Gasteiger partial charge < -0.3 is 10.2 Å². The number of nitrogens with zero attached hydrogens (tertiary/aromatic N) is 2. The Balaban J connectivity index is 1.78. The molecule has 0 aliphatic rings. The van der Waals surface area contributed by atoms with Crippen LogP contribution in [0.3, 0.4) is 0 Å². The molecule has 3 rings (SSSR count). The third-order valence-corrected chi connectivity index (χ3v) is 4.65. The van der Waals surface area contributed by atoms with Gasteiger partial charge in [0.1, 0.15) is 0 Å². The molecule has 2 amide bonds. The van der Waals surface area contributed by atoms with E-state index in [1.807, 2.05) is 32.0 Å². The van der Waals surface area contributed by atoms with Crippen LogP contribution in [0.5, 0.6) is 0 Å². The second-order valence-electron chi connectivity index (χ2n) is 6.93. The minimum absolute atomic E-state index is 0.00452. The van der Waals surface area contributed by atoms with Crippen molar-refractivity contribution in [2.75, 3.05) is 5.32 Å². The van der Waals surface area contributed by atoms with Crippen LogP contribution >= 0.6 is 11.6 Å². The van der Waals surface area contributed by atoms with Gasteiger partial charge in [0, 0.05) is 41.3 Å². The van der Waals surface area contributed by atoms with Crippen LogP contribution in [0, 0.1) is 0 Å². The Morgan fingerprint density at radius 2 is 1.79 bits per heavy atom. The van der Waals surface area contributed by atoms with E-state index in [0.29, 0.717) is 28.4 Å². The van der Waals surface area contributed by atoms with Gasteiger partial charge in [-0.25, -0.2) is 0 Å². The molecule has 0 bridgehead atoms. The number of nitrogens with one attached hydrogen (secondary N) is 1. The standard InChI is InChI=1S/C23H22ClN3O2/c1-16(2)27(15-17-6-3-9-20(24)12-17)23(29)18-7-4-10-21(13-18)26-22(28)19-8-5-11-25-14-19/h3-14,16H,15H2,1-2H3,(H,26,28). The van der Waals surface area contributed by atoms with E-state index < -0.39 is 0 Å². The summed E-state index contributed by atoms with van der Waals surface area (Å²) < 4.78 is 0. The molecule has 6 heteroatoms. The van der Waals surface area contributed by atoms with E-state index in [4.69, 9.17) is 11.6 Å². The first-order chi connectivity index (χ1) is 13.9. The third kappa shape index (κ3) is 5.42. The molecule has 148 valence electrons. The Morgan fingerprint density at radius 1 is 1.03 bits per heavy atom. The first-order valence-electron chi connectivity index (χ1n) is 9.31. The van der Waals surface area contributed by atoms with E-state index in [1.165, 1.54) is 6.20 Å². The summed E-state index contributed by atoms with van der Waals surface area (Å²) in [5, 5.41) is 3.45. The smallest absolute Gasteiger partial charge is 0.257 e. The summed E-state index contributed by atoms with van der Waals surface area (Å²) in [4.78, 5) is 31.2. The van der Waals surface area contributed by atoms with Crippen LogP contribution in [0.1, 0.15) is 40.1 Å². The largest absolute Gasteiger partial charge is 0.332 e. The fraction of sp³-hybridized carbons (Fsp3) is 0.174. The molecule has 0 saturated heterocycles. The number of hydrogen-bond acceptors (Lipinski definition) is 3. The normalized spacial score (nSPS) is 10.6. The Morgan fingerprint density at radius 3 is 2.48 bits per heavy atom. The van der Waals surface area contributed by atoms with Crippen molar-refractivity contribution >= 4 is 29.1 Å². The summed E-state index contributed by atoms with van der Waals surface area (Å²) in [6, 6.07) is 17.8. The van der Waals surface area contributed by atoms with E-state index in [-0.39, 0.29) is 17.9 Å². The van der Waals surface area contributed by atoms with Gasteiger partial charge in [-0.15, -0.1) is 0 Å². The molecule has 0 unspecified atom stereocenters. The molecule has 29 heavy (non-hydrogen) atoms. The summed E-state index contributed by atoms with van der Waals surface area (Å²) >= 11 is 6.08. The number of aromatic nitrogens is 1. The molecule has 0 spiro atoms. The second-order valence-corrected chi connectivity index (χ2v) is 7.37. The molecule has 0 saturated carbocycles. The maximum atomic E-state index is 13.2. The molecule has 5 nitrogen and oxygen atoms in total. The number of carbonyl (C=O) groups is 2. The summed E-state index contributed by atoms with van der Waals surface area (Å²) in [6.07, 6.45) is 3.10. The molecule has 1 heterocycles. The number of halogens is 1. The highest BCUT2D eigenvalue weighted by atomic mass is 35.5. The molecule has 0 fully saturated rings. The predicted octanol–water partition coefficient (Wildman–Crippen LogP) is 5.04.